The summed E-state index contributed by atoms with van der Waals surface area (Å²) in [7, 11) is 0. The highest BCUT2D eigenvalue weighted by atomic mass is 15.3. The number of hydrogen-bond donors (Lipinski definition) is 0. The Morgan fingerprint density at radius 1 is 0.909 bits per heavy atom. The van der Waals surface area contributed by atoms with Crippen molar-refractivity contribution in [3.8, 4) is 11.3 Å². The van der Waals surface area contributed by atoms with E-state index in [9.17, 15) is 0 Å². The zero-order valence-corrected chi connectivity index (χ0v) is 12.9. The first-order valence-corrected chi connectivity index (χ1v) is 7.74. The van der Waals surface area contributed by atoms with Crippen LogP contribution in [0.1, 0.15) is 21.3 Å². The van der Waals surface area contributed by atoms with Gasteiger partial charge in [-0.25, -0.2) is 0 Å². The van der Waals surface area contributed by atoms with E-state index >= 15 is 0 Å². The van der Waals surface area contributed by atoms with Crippen LogP contribution in [-0.2, 0) is 0 Å². The zero-order valence-electron chi connectivity index (χ0n) is 12.9. The molecule has 0 bridgehead atoms. The molecule has 1 saturated heterocycles. The smallest absolute Gasteiger partial charge is 0.0703 e. The Morgan fingerprint density at radius 2 is 1.59 bits per heavy atom. The van der Waals surface area contributed by atoms with Crippen molar-refractivity contribution in [3.63, 3.8) is 0 Å². The SMILES string of the molecule is C.CC(C)N1CCN(c2ccc(-c3ccccc3)nc2)CC1. The summed E-state index contributed by atoms with van der Waals surface area (Å²) in [6, 6.07) is 15.3. The lowest BCUT2D eigenvalue weighted by Gasteiger charge is -2.38. The fourth-order valence-corrected chi connectivity index (χ4v) is 2.85. The topological polar surface area (TPSA) is 19.4 Å². The van der Waals surface area contributed by atoms with E-state index in [2.05, 4.69) is 65.0 Å². The van der Waals surface area contributed by atoms with Gasteiger partial charge in [-0.1, -0.05) is 37.8 Å². The first kappa shape index (κ1) is 16.5. The molecular weight excluding hydrogens is 270 g/mol. The summed E-state index contributed by atoms with van der Waals surface area (Å²) in [6.45, 7) is 8.99. The van der Waals surface area contributed by atoms with Crippen molar-refractivity contribution in [1.82, 2.24) is 9.88 Å². The van der Waals surface area contributed by atoms with E-state index in [-0.39, 0.29) is 7.43 Å². The monoisotopic (exact) mass is 297 g/mol. The molecule has 118 valence electrons. The third-order valence-corrected chi connectivity index (χ3v) is 4.23. The second-order valence-corrected chi connectivity index (χ2v) is 5.88. The Labute approximate surface area is 134 Å². The van der Waals surface area contributed by atoms with E-state index in [1.807, 2.05) is 12.3 Å². The molecule has 0 spiro atoms. The normalized spacial score (nSPS) is 15.7. The molecule has 1 aliphatic rings. The number of benzene rings is 1. The Kier molecular flexibility index (Phi) is 5.56. The number of piperazine rings is 1. The minimum Gasteiger partial charge on any atom is -0.368 e. The van der Waals surface area contributed by atoms with Crippen molar-refractivity contribution in [2.24, 2.45) is 0 Å². The maximum atomic E-state index is 4.62. The van der Waals surface area contributed by atoms with Crippen molar-refractivity contribution in [1.29, 1.82) is 0 Å². The van der Waals surface area contributed by atoms with Crippen molar-refractivity contribution in [2.45, 2.75) is 27.3 Å². The van der Waals surface area contributed by atoms with Crippen LogP contribution in [0, 0.1) is 0 Å². The largest absolute Gasteiger partial charge is 0.368 e. The Balaban J connectivity index is 0.00000176. The highest BCUT2D eigenvalue weighted by molar-refractivity contribution is 5.61. The number of rotatable bonds is 3. The van der Waals surface area contributed by atoms with Gasteiger partial charge in [0, 0.05) is 37.8 Å². The van der Waals surface area contributed by atoms with Crippen molar-refractivity contribution in [2.75, 3.05) is 31.1 Å². The van der Waals surface area contributed by atoms with Crippen LogP contribution in [0.4, 0.5) is 5.69 Å². The molecule has 0 N–H and O–H groups in total. The summed E-state index contributed by atoms with van der Waals surface area (Å²) in [5.74, 6) is 0. The van der Waals surface area contributed by atoms with Crippen molar-refractivity contribution < 1.29 is 0 Å². The molecular formula is C19H27N3. The summed E-state index contributed by atoms with van der Waals surface area (Å²) >= 11 is 0. The van der Waals surface area contributed by atoms with Crippen molar-refractivity contribution >= 4 is 5.69 Å². The van der Waals surface area contributed by atoms with E-state index in [1.165, 1.54) is 11.3 Å². The van der Waals surface area contributed by atoms with Gasteiger partial charge in [-0.15, -0.1) is 0 Å². The van der Waals surface area contributed by atoms with Gasteiger partial charge in [-0.2, -0.15) is 0 Å². The van der Waals surface area contributed by atoms with Crippen LogP contribution >= 0.6 is 0 Å². The molecule has 2 heterocycles. The van der Waals surface area contributed by atoms with Crippen LogP contribution in [0.2, 0.25) is 0 Å². The van der Waals surface area contributed by atoms with Gasteiger partial charge >= 0.3 is 0 Å². The molecule has 0 saturated carbocycles. The van der Waals surface area contributed by atoms with Gasteiger partial charge in [0.25, 0.3) is 0 Å². The molecule has 2 aromatic rings. The number of aromatic nitrogens is 1. The molecule has 0 unspecified atom stereocenters. The lowest BCUT2D eigenvalue weighted by atomic mass is 10.1. The van der Waals surface area contributed by atoms with Gasteiger partial charge in [0.15, 0.2) is 0 Å². The summed E-state index contributed by atoms with van der Waals surface area (Å²) in [5, 5.41) is 0. The van der Waals surface area contributed by atoms with Gasteiger partial charge in [0.2, 0.25) is 0 Å². The number of hydrogen-bond acceptors (Lipinski definition) is 3. The molecule has 0 amide bonds. The predicted molar refractivity (Wildman–Crippen MR) is 95.3 cm³/mol. The molecule has 1 aliphatic heterocycles. The van der Waals surface area contributed by atoms with Crippen molar-refractivity contribution in [3.05, 3.63) is 48.7 Å². The van der Waals surface area contributed by atoms with E-state index < -0.39 is 0 Å². The summed E-state index contributed by atoms with van der Waals surface area (Å²) in [5.41, 5.74) is 3.45. The minimum absolute atomic E-state index is 0. The Bertz CT molecular complexity index is 555. The third-order valence-electron chi connectivity index (χ3n) is 4.23. The van der Waals surface area contributed by atoms with Gasteiger partial charge in [0.1, 0.15) is 0 Å². The third kappa shape index (κ3) is 3.66. The second kappa shape index (κ2) is 7.41. The zero-order chi connectivity index (χ0) is 14.7. The minimum atomic E-state index is 0. The maximum absolute atomic E-state index is 4.62. The van der Waals surface area contributed by atoms with Gasteiger partial charge in [0.05, 0.1) is 17.6 Å². The first-order chi connectivity index (χ1) is 10.2. The van der Waals surface area contributed by atoms with Gasteiger partial charge in [-0.05, 0) is 26.0 Å². The van der Waals surface area contributed by atoms with Crippen LogP contribution in [-0.4, -0.2) is 42.1 Å². The van der Waals surface area contributed by atoms with Crippen LogP contribution < -0.4 is 4.90 Å². The molecule has 22 heavy (non-hydrogen) atoms. The van der Waals surface area contributed by atoms with Crippen LogP contribution in [0.15, 0.2) is 48.7 Å². The quantitative estimate of drug-likeness (QED) is 0.856. The van der Waals surface area contributed by atoms with Gasteiger partial charge in [-0.3, -0.25) is 9.88 Å². The molecule has 1 fully saturated rings. The predicted octanol–water partition coefficient (Wildman–Crippen LogP) is 3.92. The lowest BCUT2D eigenvalue weighted by molar-refractivity contribution is 0.209. The molecule has 0 atom stereocenters. The average molecular weight is 297 g/mol. The summed E-state index contributed by atoms with van der Waals surface area (Å²) in [4.78, 5) is 9.58. The average Bonchev–Trinajstić information content (AvgIpc) is 2.56. The number of anilines is 1. The lowest BCUT2D eigenvalue weighted by Crippen LogP contribution is -2.48. The fourth-order valence-electron chi connectivity index (χ4n) is 2.85. The molecule has 3 rings (SSSR count). The summed E-state index contributed by atoms with van der Waals surface area (Å²) in [6.07, 6.45) is 2.01. The molecule has 0 aliphatic carbocycles. The maximum Gasteiger partial charge on any atom is 0.0703 e. The standard InChI is InChI=1S/C18H23N3.CH4/c1-15(2)20-10-12-21(13-11-20)17-8-9-18(19-14-17)16-6-4-3-5-7-16;/h3-9,14-15H,10-13H2,1-2H3;1H4. The molecule has 0 radical (unpaired) electrons. The van der Waals surface area contributed by atoms with Crippen LogP contribution in [0.25, 0.3) is 11.3 Å². The Hall–Kier alpha value is -1.87. The molecule has 1 aromatic heterocycles. The van der Waals surface area contributed by atoms with Crippen LogP contribution in [0.3, 0.4) is 0 Å². The number of nitrogens with zero attached hydrogens (tertiary/aromatic N) is 3. The van der Waals surface area contributed by atoms with E-state index in [1.54, 1.807) is 0 Å². The number of pyridine rings is 1. The highest BCUT2D eigenvalue weighted by Gasteiger charge is 2.19. The van der Waals surface area contributed by atoms with Gasteiger partial charge < -0.3 is 4.90 Å². The van der Waals surface area contributed by atoms with E-state index in [0.29, 0.717) is 6.04 Å². The molecule has 1 aromatic carbocycles. The van der Waals surface area contributed by atoms with Crippen LogP contribution in [0.5, 0.6) is 0 Å². The fraction of sp³-hybridized carbons (Fsp3) is 0.421. The summed E-state index contributed by atoms with van der Waals surface area (Å²) < 4.78 is 0. The molecule has 3 heteroatoms. The Morgan fingerprint density at radius 3 is 2.14 bits per heavy atom. The second-order valence-electron chi connectivity index (χ2n) is 5.88. The molecule has 3 nitrogen and oxygen atoms in total. The first-order valence-electron chi connectivity index (χ1n) is 7.74. The van der Waals surface area contributed by atoms with E-state index in [0.717, 1.165) is 31.9 Å². The van der Waals surface area contributed by atoms with E-state index in [4.69, 9.17) is 0 Å². The highest BCUT2D eigenvalue weighted by Crippen LogP contribution is 2.21.